The molecule has 4 N–H and O–H groups in total. The van der Waals surface area contributed by atoms with Gasteiger partial charge in [-0.3, -0.25) is 0 Å². The number of rotatable bonds is 5. The van der Waals surface area contributed by atoms with Crippen LogP contribution in [-0.2, 0) is 16.6 Å². The Labute approximate surface area is 114 Å². The number of sulfonamides is 1. The number of nitrogens with one attached hydrogen (secondary N) is 2. The van der Waals surface area contributed by atoms with Gasteiger partial charge in [0.05, 0.1) is 11.4 Å². The van der Waals surface area contributed by atoms with Gasteiger partial charge in [-0.05, 0) is 12.1 Å². The number of aromatic amines is 1. The molecule has 1 aromatic heterocycles. The van der Waals surface area contributed by atoms with Crippen LogP contribution in [0.25, 0.3) is 0 Å². The first-order valence-corrected chi connectivity index (χ1v) is 7.00. The lowest BCUT2D eigenvalue weighted by Crippen LogP contribution is -2.24. The highest BCUT2D eigenvalue weighted by Gasteiger charge is 2.15. The van der Waals surface area contributed by atoms with Gasteiger partial charge in [-0.15, -0.1) is 10.2 Å². The van der Waals surface area contributed by atoms with Gasteiger partial charge in [0.15, 0.2) is 5.82 Å². The highest BCUT2D eigenvalue weighted by atomic mass is 32.2. The highest BCUT2D eigenvalue weighted by Crippen LogP contribution is 2.11. The summed E-state index contributed by atoms with van der Waals surface area (Å²) >= 11 is 4.80. The molecule has 0 saturated heterocycles. The molecule has 8 nitrogen and oxygen atoms in total. The predicted molar refractivity (Wildman–Crippen MR) is 70.5 cm³/mol. The highest BCUT2D eigenvalue weighted by molar-refractivity contribution is 7.89. The summed E-state index contributed by atoms with van der Waals surface area (Å²) in [7, 11) is -3.68. The zero-order chi connectivity index (χ0) is 13.9. The summed E-state index contributed by atoms with van der Waals surface area (Å²) in [6.45, 7) is -0.0594. The van der Waals surface area contributed by atoms with Crippen molar-refractivity contribution >= 4 is 27.2 Å². The Hall–Kier alpha value is -1.91. The van der Waals surface area contributed by atoms with E-state index in [1.165, 1.54) is 12.1 Å². The quantitative estimate of drug-likeness (QED) is 0.624. The maximum absolute atomic E-state index is 12.0. The van der Waals surface area contributed by atoms with Crippen LogP contribution in [0.1, 0.15) is 11.4 Å². The third kappa shape index (κ3) is 3.30. The average molecular weight is 298 g/mol. The number of benzene rings is 1. The Morgan fingerprint density at radius 1 is 1.47 bits per heavy atom. The van der Waals surface area contributed by atoms with Crippen LogP contribution in [0.5, 0.6) is 0 Å². The van der Waals surface area contributed by atoms with Crippen molar-refractivity contribution in [1.29, 1.82) is 0 Å². The molecule has 0 radical (unpaired) electrons. The standard InChI is InChI=1S/C9H10N6O2S2/c10-9(18)6-2-1-3-7(4-6)19(16,17)11-5-8-12-14-15-13-8/h1-4,11H,5H2,(H2,10,18)(H,12,13,14,15). The predicted octanol–water partition coefficient (Wildman–Crippen LogP) is -0.688. The van der Waals surface area contributed by atoms with Crippen LogP contribution in [0.15, 0.2) is 29.2 Å². The van der Waals surface area contributed by atoms with E-state index in [4.69, 9.17) is 18.0 Å². The first-order chi connectivity index (χ1) is 8.99. The summed E-state index contributed by atoms with van der Waals surface area (Å²) in [5.41, 5.74) is 5.94. The summed E-state index contributed by atoms with van der Waals surface area (Å²) in [5.74, 6) is 0.245. The van der Waals surface area contributed by atoms with Crippen molar-refractivity contribution in [3.8, 4) is 0 Å². The Morgan fingerprint density at radius 2 is 2.26 bits per heavy atom. The first-order valence-electron chi connectivity index (χ1n) is 5.11. The van der Waals surface area contributed by atoms with Crippen LogP contribution in [0.2, 0.25) is 0 Å². The lowest BCUT2D eigenvalue weighted by molar-refractivity contribution is 0.579. The van der Waals surface area contributed by atoms with Crippen molar-refractivity contribution in [2.45, 2.75) is 11.4 Å². The van der Waals surface area contributed by atoms with Gasteiger partial charge >= 0.3 is 0 Å². The molecule has 0 aliphatic heterocycles. The number of hydrogen-bond acceptors (Lipinski definition) is 6. The molecular weight excluding hydrogens is 288 g/mol. The van der Waals surface area contributed by atoms with Gasteiger partial charge in [-0.1, -0.05) is 29.6 Å². The third-order valence-electron chi connectivity index (χ3n) is 2.24. The maximum atomic E-state index is 12.0. The van der Waals surface area contributed by atoms with Crippen molar-refractivity contribution in [3.63, 3.8) is 0 Å². The first kappa shape index (κ1) is 13.5. The van der Waals surface area contributed by atoms with Crippen LogP contribution >= 0.6 is 12.2 Å². The van der Waals surface area contributed by atoms with Gasteiger partial charge in [0.2, 0.25) is 10.0 Å². The van der Waals surface area contributed by atoms with E-state index < -0.39 is 10.0 Å². The Balaban J connectivity index is 2.19. The fraction of sp³-hybridized carbons (Fsp3) is 0.111. The van der Waals surface area contributed by atoms with Crippen LogP contribution in [0.4, 0.5) is 0 Å². The molecule has 10 heteroatoms. The summed E-state index contributed by atoms with van der Waals surface area (Å²) in [6, 6.07) is 6.05. The van der Waals surface area contributed by atoms with Crippen LogP contribution < -0.4 is 10.5 Å². The van der Waals surface area contributed by atoms with Crippen molar-refractivity contribution in [1.82, 2.24) is 25.3 Å². The summed E-state index contributed by atoms with van der Waals surface area (Å²) in [6.07, 6.45) is 0. The van der Waals surface area contributed by atoms with Gasteiger partial charge in [0, 0.05) is 5.56 Å². The van der Waals surface area contributed by atoms with E-state index in [1.54, 1.807) is 12.1 Å². The van der Waals surface area contributed by atoms with Crippen LogP contribution in [0.3, 0.4) is 0 Å². The molecule has 0 amide bonds. The molecule has 2 aromatic rings. The second-order valence-corrected chi connectivity index (χ2v) is 5.75. The van der Waals surface area contributed by atoms with Gasteiger partial charge < -0.3 is 5.73 Å². The van der Waals surface area contributed by atoms with Crippen LogP contribution in [-0.4, -0.2) is 34.0 Å². The minimum atomic E-state index is -3.68. The van der Waals surface area contributed by atoms with Crippen molar-refractivity contribution in [2.75, 3.05) is 0 Å². The second kappa shape index (κ2) is 5.38. The topological polar surface area (TPSA) is 127 Å². The second-order valence-electron chi connectivity index (χ2n) is 3.54. The van der Waals surface area contributed by atoms with E-state index in [-0.39, 0.29) is 22.3 Å². The molecule has 100 valence electrons. The van der Waals surface area contributed by atoms with Gasteiger partial charge in [0.1, 0.15) is 4.99 Å². The zero-order valence-corrected chi connectivity index (χ0v) is 11.2. The van der Waals surface area contributed by atoms with E-state index in [9.17, 15) is 8.42 Å². The largest absolute Gasteiger partial charge is 0.389 e. The number of nitrogens with two attached hydrogens (primary N) is 1. The molecule has 0 aliphatic rings. The summed E-state index contributed by atoms with van der Waals surface area (Å²) in [4.78, 5) is 0.205. The molecule has 0 fully saturated rings. The number of nitrogens with zero attached hydrogens (tertiary/aromatic N) is 3. The molecule has 0 aliphatic carbocycles. The number of thiocarbonyl (C=S) groups is 1. The van der Waals surface area contributed by atoms with Crippen LogP contribution in [0, 0.1) is 0 Å². The summed E-state index contributed by atoms with van der Waals surface area (Å²) in [5, 5.41) is 12.8. The molecule has 0 unspecified atom stereocenters. The van der Waals surface area contributed by atoms with E-state index in [0.29, 0.717) is 5.56 Å². The van der Waals surface area contributed by atoms with Crippen molar-refractivity contribution in [3.05, 3.63) is 35.7 Å². The van der Waals surface area contributed by atoms with E-state index in [1.807, 2.05) is 0 Å². The van der Waals surface area contributed by atoms with Gasteiger partial charge in [0.25, 0.3) is 0 Å². The van der Waals surface area contributed by atoms with Crippen molar-refractivity contribution < 1.29 is 8.42 Å². The Kier molecular flexibility index (Phi) is 3.83. The molecule has 1 aromatic carbocycles. The lowest BCUT2D eigenvalue weighted by atomic mass is 10.2. The van der Waals surface area contributed by atoms with E-state index in [2.05, 4.69) is 25.3 Å². The smallest absolute Gasteiger partial charge is 0.241 e. The Morgan fingerprint density at radius 3 is 2.89 bits per heavy atom. The lowest BCUT2D eigenvalue weighted by Gasteiger charge is -2.06. The molecule has 0 bridgehead atoms. The van der Waals surface area contributed by atoms with Gasteiger partial charge in [-0.25, -0.2) is 13.1 Å². The SMILES string of the molecule is NC(=S)c1cccc(S(=O)(=O)NCc2nn[nH]n2)c1. The molecule has 0 atom stereocenters. The number of H-pyrrole nitrogens is 1. The molecule has 0 spiro atoms. The summed E-state index contributed by atoms with van der Waals surface area (Å²) < 4.78 is 26.4. The number of tetrazole rings is 1. The molecule has 19 heavy (non-hydrogen) atoms. The zero-order valence-electron chi connectivity index (χ0n) is 9.57. The average Bonchev–Trinajstić information content (AvgIpc) is 2.90. The van der Waals surface area contributed by atoms with E-state index in [0.717, 1.165) is 0 Å². The number of aromatic nitrogens is 4. The minimum absolute atomic E-state index is 0.0594. The molecular formula is C9H10N6O2S2. The monoisotopic (exact) mass is 298 g/mol. The molecule has 2 rings (SSSR count). The Bertz CT molecular complexity index is 682. The maximum Gasteiger partial charge on any atom is 0.241 e. The minimum Gasteiger partial charge on any atom is -0.389 e. The normalized spacial score (nSPS) is 11.4. The number of hydrogen-bond donors (Lipinski definition) is 3. The third-order valence-corrected chi connectivity index (χ3v) is 3.87. The fourth-order valence-electron chi connectivity index (χ4n) is 1.32. The van der Waals surface area contributed by atoms with E-state index >= 15 is 0 Å². The van der Waals surface area contributed by atoms with Crippen molar-refractivity contribution in [2.24, 2.45) is 5.73 Å². The molecule has 1 heterocycles. The molecule has 0 saturated carbocycles. The van der Waals surface area contributed by atoms with Gasteiger partial charge in [-0.2, -0.15) is 5.21 Å². The fourth-order valence-corrected chi connectivity index (χ4v) is 2.47.